The van der Waals surface area contributed by atoms with E-state index in [4.69, 9.17) is 0 Å². The van der Waals surface area contributed by atoms with Crippen LogP contribution < -0.4 is 5.32 Å². The number of phenolic OH excluding ortho intramolecular Hbond substituents is 2. The van der Waals surface area contributed by atoms with Gasteiger partial charge < -0.3 is 15.5 Å². The summed E-state index contributed by atoms with van der Waals surface area (Å²) in [5.74, 6) is -3.30. The number of nitrogens with one attached hydrogen (secondary N) is 1. The van der Waals surface area contributed by atoms with Crippen molar-refractivity contribution >= 4 is 27.5 Å². The van der Waals surface area contributed by atoms with Crippen molar-refractivity contribution in [3.63, 3.8) is 0 Å². The van der Waals surface area contributed by atoms with Crippen molar-refractivity contribution in [2.75, 3.05) is 5.32 Å². The third-order valence-corrected chi connectivity index (χ3v) is 4.36. The maximum Gasteiger partial charge on any atom is 0.261 e. The van der Waals surface area contributed by atoms with Crippen LogP contribution in [0.4, 0.5) is 14.5 Å². The zero-order valence-electron chi connectivity index (χ0n) is 13.1. The lowest BCUT2D eigenvalue weighted by Crippen LogP contribution is -2.15. The van der Waals surface area contributed by atoms with E-state index in [0.29, 0.717) is 21.3 Å². The van der Waals surface area contributed by atoms with E-state index in [-0.39, 0.29) is 11.5 Å². The number of rotatable bonds is 3. The molecule has 3 N–H and O–H groups in total. The molecule has 0 aliphatic carbocycles. The first kappa shape index (κ1) is 17.9. The highest BCUT2D eigenvalue weighted by Crippen LogP contribution is 2.37. The maximum absolute atomic E-state index is 13.7. The van der Waals surface area contributed by atoms with Crippen molar-refractivity contribution in [2.24, 2.45) is 0 Å². The molecule has 3 aromatic carbocycles. The van der Waals surface area contributed by atoms with Gasteiger partial charge in [0.15, 0.2) is 11.5 Å². The van der Waals surface area contributed by atoms with Crippen LogP contribution in [-0.4, -0.2) is 16.1 Å². The predicted octanol–water partition coefficient (Wildman–Crippen LogP) is 5.06. The van der Waals surface area contributed by atoms with Gasteiger partial charge in [-0.2, -0.15) is 0 Å². The highest BCUT2D eigenvalue weighted by molar-refractivity contribution is 9.10. The quantitative estimate of drug-likeness (QED) is 0.519. The fourth-order valence-electron chi connectivity index (χ4n) is 2.41. The predicted molar refractivity (Wildman–Crippen MR) is 97.2 cm³/mol. The van der Waals surface area contributed by atoms with E-state index in [2.05, 4.69) is 21.2 Å². The first-order valence-electron chi connectivity index (χ1n) is 7.44. The second-order valence-corrected chi connectivity index (χ2v) is 6.30. The maximum atomic E-state index is 13.7. The summed E-state index contributed by atoms with van der Waals surface area (Å²) in [6, 6.07) is 12.4. The van der Waals surface area contributed by atoms with E-state index in [0.717, 1.165) is 12.1 Å². The molecule has 3 aromatic rings. The van der Waals surface area contributed by atoms with E-state index in [1.54, 1.807) is 24.3 Å². The number of anilines is 1. The van der Waals surface area contributed by atoms with Crippen molar-refractivity contribution in [1.29, 1.82) is 0 Å². The van der Waals surface area contributed by atoms with Gasteiger partial charge in [0.2, 0.25) is 0 Å². The normalized spacial score (nSPS) is 10.6. The summed E-state index contributed by atoms with van der Waals surface area (Å²) in [6.45, 7) is 0. The van der Waals surface area contributed by atoms with Crippen LogP contribution in [-0.2, 0) is 0 Å². The Kier molecular flexibility index (Phi) is 4.90. The van der Waals surface area contributed by atoms with Crippen molar-refractivity contribution in [3.05, 3.63) is 76.3 Å². The van der Waals surface area contributed by atoms with Gasteiger partial charge in [0, 0.05) is 10.2 Å². The minimum Gasteiger partial charge on any atom is -0.504 e. The average Bonchev–Trinajstić information content (AvgIpc) is 2.59. The molecular formula is C19H12BrF2NO3. The highest BCUT2D eigenvalue weighted by atomic mass is 79.9. The summed E-state index contributed by atoms with van der Waals surface area (Å²) < 4.78 is 27.9. The monoisotopic (exact) mass is 419 g/mol. The average molecular weight is 420 g/mol. The van der Waals surface area contributed by atoms with Gasteiger partial charge in [-0.1, -0.05) is 34.1 Å². The molecule has 26 heavy (non-hydrogen) atoms. The van der Waals surface area contributed by atoms with Gasteiger partial charge in [-0.25, -0.2) is 8.78 Å². The van der Waals surface area contributed by atoms with E-state index >= 15 is 0 Å². The molecule has 0 aliphatic heterocycles. The van der Waals surface area contributed by atoms with Gasteiger partial charge in [0.1, 0.15) is 17.2 Å². The van der Waals surface area contributed by atoms with Crippen molar-refractivity contribution in [2.45, 2.75) is 0 Å². The zero-order chi connectivity index (χ0) is 18.8. The molecule has 0 bridgehead atoms. The van der Waals surface area contributed by atoms with Gasteiger partial charge >= 0.3 is 0 Å². The second-order valence-electron chi connectivity index (χ2n) is 5.45. The van der Waals surface area contributed by atoms with Crippen LogP contribution in [0.5, 0.6) is 11.5 Å². The number of aromatic hydroxyl groups is 2. The molecule has 7 heteroatoms. The van der Waals surface area contributed by atoms with Crippen LogP contribution in [0.2, 0.25) is 0 Å². The molecule has 0 heterocycles. The number of carbonyl (C=O) groups excluding carboxylic acids is 1. The van der Waals surface area contributed by atoms with Crippen molar-refractivity contribution < 1.29 is 23.8 Å². The third kappa shape index (κ3) is 3.52. The molecule has 0 radical (unpaired) electrons. The summed E-state index contributed by atoms with van der Waals surface area (Å²) in [4.78, 5) is 12.1. The van der Waals surface area contributed by atoms with Gasteiger partial charge in [-0.05, 0) is 47.5 Å². The van der Waals surface area contributed by atoms with Gasteiger partial charge in [0.05, 0.1) is 0 Å². The summed E-state index contributed by atoms with van der Waals surface area (Å²) in [5.41, 5.74) is 1.02. The molecule has 0 saturated carbocycles. The number of halogens is 3. The fraction of sp³-hybridized carbons (Fsp3) is 0. The molecule has 0 atom stereocenters. The van der Waals surface area contributed by atoms with E-state index < -0.39 is 23.1 Å². The van der Waals surface area contributed by atoms with E-state index in [1.807, 2.05) is 0 Å². The van der Waals surface area contributed by atoms with Crippen LogP contribution >= 0.6 is 15.9 Å². The topological polar surface area (TPSA) is 69.6 Å². The first-order valence-corrected chi connectivity index (χ1v) is 8.23. The van der Waals surface area contributed by atoms with Crippen molar-refractivity contribution in [3.8, 4) is 22.6 Å². The molecule has 0 aromatic heterocycles. The van der Waals surface area contributed by atoms with Crippen LogP contribution in [0.25, 0.3) is 11.1 Å². The molecule has 1 amide bonds. The Hall–Kier alpha value is -2.93. The Bertz CT molecular complexity index is 971. The molecule has 0 fully saturated rings. The zero-order valence-corrected chi connectivity index (χ0v) is 14.7. The van der Waals surface area contributed by atoms with Gasteiger partial charge in [-0.15, -0.1) is 0 Å². The number of hydrogen-bond acceptors (Lipinski definition) is 3. The molecule has 3 rings (SSSR count). The molecule has 132 valence electrons. The number of benzene rings is 3. The molecule has 0 unspecified atom stereocenters. The Morgan fingerprint density at radius 1 is 0.923 bits per heavy atom. The van der Waals surface area contributed by atoms with Crippen LogP contribution in [0, 0.1) is 11.6 Å². The standard InChI is InChI=1S/C19H12BrF2NO3/c20-13-9-17(25)16(24)8-12(13)10-4-6-11(7-5-10)23-19(26)18-14(21)2-1-3-15(18)22/h1-9,24-25H,(H,23,26). The van der Waals surface area contributed by atoms with E-state index in [1.165, 1.54) is 18.2 Å². The molecule has 0 spiro atoms. The molecule has 0 aliphatic rings. The minimum absolute atomic E-state index is 0.253. The SMILES string of the molecule is O=C(Nc1ccc(-c2cc(O)c(O)cc2Br)cc1)c1c(F)cccc1F. The molecular weight excluding hydrogens is 408 g/mol. The summed E-state index contributed by atoms with van der Waals surface area (Å²) >= 11 is 3.30. The number of carbonyl (C=O) groups is 1. The highest BCUT2D eigenvalue weighted by Gasteiger charge is 2.17. The Morgan fingerprint density at radius 2 is 1.50 bits per heavy atom. The fourth-order valence-corrected chi connectivity index (χ4v) is 2.97. The van der Waals surface area contributed by atoms with Crippen LogP contribution in [0.1, 0.15) is 10.4 Å². The summed E-state index contributed by atoms with van der Waals surface area (Å²) in [5, 5.41) is 21.6. The van der Waals surface area contributed by atoms with Crippen LogP contribution in [0.15, 0.2) is 59.1 Å². The lowest BCUT2D eigenvalue weighted by Gasteiger charge is -2.10. The number of hydrogen-bond donors (Lipinski definition) is 3. The van der Waals surface area contributed by atoms with Crippen LogP contribution in [0.3, 0.4) is 0 Å². The first-order chi connectivity index (χ1) is 12.4. The Morgan fingerprint density at radius 3 is 2.12 bits per heavy atom. The molecule has 4 nitrogen and oxygen atoms in total. The molecule has 0 saturated heterocycles. The van der Waals surface area contributed by atoms with Gasteiger partial charge in [0.25, 0.3) is 5.91 Å². The summed E-state index contributed by atoms with van der Waals surface area (Å²) in [7, 11) is 0. The second kappa shape index (κ2) is 7.13. The number of amides is 1. The lowest BCUT2D eigenvalue weighted by molar-refractivity contribution is 0.101. The smallest absolute Gasteiger partial charge is 0.261 e. The largest absolute Gasteiger partial charge is 0.504 e. The van der Waals surface area contributed by atoms with Crippen molar-refractivity contribution in [1.82, 2.24) is 0 Å². The third-order valence-electron chi connectivity index (χ3n) is 3.71. The van der Waals surface area contributed by atoms with Gasteiger partial charge in [-0.3, -0.25) is 4.79 Å². The van der Waals surface area contributed by atoms with E-state index in [9.17, 15) is 23.8 Å². The Balaban J connectivity index is 1.85. The minimum atomic E-state index is -0.942. The Labute approximate surface area is 155 Å². The summed E-state index contributed by atoms with van der Waals surface area (Å²) in [6.07, 6.45) is 0. The number of phenols is 2. The lowest BCUT2D eigenvalue weighted by atomic mass is 10.0.